The Morgan fingerprint density at radius 1 is 1.24 bits per heavy atom. The second-order valence-corrected chi connectivity index (χ2v) is 4.50. The second kappa shape index (κ2) is 6.47. The maximum atomic E-state index is 11.8. The van der Waals surface area contributed by atoms with Crippen LogP contribution in [0, 0.1) is 6.92 Å². The molecule has 1 amide bonds. The van der Waals surface area contributed by atoms with E-state index in [0.29, 0.717) is 5.69 Å². The quantitative estimate of drug-likeness (QED) is 0.845. The zero-order valence-corrected chi connectivity index (χ0v) is 11.4. The Kier molecular flexibility index (Phi) is 4.46. The number of nitrogens with zero attached hydrogens (tertiary/aromatic N) is 1. The third-order valence-electron chi connectivity index (χ3n) is 2.72. The molecule has 0 saturated carbocycles. The Morgan fingerprint density at radius 2 is 2.05 bits per heavy atom. The van der Waals surface area contributed by atoms with Gasteiger partial charge in [0.25, 0.3) is 0 Å². The van der Waals surface area contributed by atoms with E-state index < -0.39 is 5.97 Å². The average Bonchev–Trinajstić information content (AvgIpc) is 2.45. The Labute approximate surface area is 122 Å². The number of carboxylic acid groups (broad SMARTS) is 1. The highest BCUT2D eigenvalue weighted by Crippen LogP contribution is 2.09. The van der Waals surface area contributed by atoms with Crippen LogP contribution in [0.5, 0.6) is 0 Å². The maximum absolute atomic E-state index is 11.8. The lowest BCUT2D eigenvalue weighted by Gasteiger charge is -2.02. The van der Waals surface area contributed by atoms with E-state index in [4.69, 9.17) is 5.11 Å². The van der Waals surface area contributed by atoms with Crippen LogP contribution in [-0.4, -0.2) is 22.0 Å². The molecule has 0 unspecified atom stereocenters. The highest BCUT2D eigenvalue weighted by Gasteiger charge is 2.05. The highest BCUT2D eigenvalue weighted by atomic mass is 16.4. The molecule has 1 aromatic heterocycles. The van der Waals surface area contributed by atoms with Gasteiger partial charge in [-0.3, -0.25) is 9.78 Å². The van der Waals surface area contributed by atoms with Crippen LogP contribution in [-0.2, 0) is 4.79 Å². The summed E-state index contributed by atoms with van der Waals surface area (Å²) >= 11 is 0. The lowest BCUT2D eigenvalue weighted by Crippen LogP contribution is -2.09. The minimum atomic E-state index is -1.09. The highest BCUT2D eigenvalue weighted by molar-refractivity contribution is 6.02. The van der Waals surface area contributed by atoms with E-state index in [1.807, 2.05) is 31.2 Å². The average molecular weight is 282 g/mol. The van der Waals surface area contributed by atoms with Gasteiger partial charge in [-0.05, 0) is 24.6 Å². The number of rotatable bonds is 4. The molecule has 0 spiro atoms. The fourth-order valence-electron chi connectivity index (χ4n) is 1.75. The first-order valence-corrected chi connectivity index (χ1v) is 6.29. The van der Waals surface area contributed by atoms with Crippen molar-refractivity contribution in [2.45, 2.75) is 6.92 Å². The van der Waals surface area contributed by atoms with Crippen LogP contribution >= 0.6 is 0 Å². The molecule has 2 rings (SSSR count). The van der Waals surface area contributed by atoms with Gasteiger partial charge in [0.15, 0.2) is 0 Å². The molecule has 0 saturated heterocycles. The SMILES string of the molecule is Cc1cccc(C=CC(=O)Nc2cncc(C(=O)O)c2)c1. The fraction of sp³-hybridized carbons (Fsp3) is 0.0625. The Balaban J connectivity index is 2.05. The molecule has 0 radical (unpaired) electrons. The van der Waals surface area contributed by atoms with Crippen LogP contribution < -0.4 is 5.32 Å². The summed E-state index contributed by atoms with van der Waals surface area (Å²) < 4.78 is 0. The van der Waals surface area contributed by atoms with Crippen LogP contribution in [0.15, 0.2) is 48.8 Å². The summed E-state index contributed by atoms with van der Waals surface area (Å²) in [6.07, 6.45) is 5.70. The summed E-state index contributed by atoms with van der Waals surface area (Å²) in [5.41, 5.74) is 2.39. The van der Waals surface area contributed by atoms with Gasteiger partial charge in [-0.15, -0.1) is 0 Å². The van der Waals surface area contributed by atoms with Crippen molar-refractivity contribution in [3.05, 3.63) is 65.5 Å². The number of anilines is 1. The molecule has 0 aliphatic heterocycles. The van der Waals surface area contributed by atoms with Gasteiger partial charge >= 0.3 is 5.97 Å². The predicted octanol–water partition coefficient (Wildman–Crippen LogP) is 2.74. The van der Waals surface area contributed by atoms with Gasteiger partial charge in [0, 0.05) is 12.3 Å². The van der Waals surface area contributed by atoms with E-state index in [-0.39, 0.29) is 11.5 Å². The van der Waals surface area contributed by atoms with E-state index in [9.17, 15) is 9.59 Å². The van der Waals surface area contributed by atoms with Gasteiger partial charge in [-0.25, -0.2) is 4.79 Å². The monoisotopic (exact) mass is 282 g/mol. The third kappa shape index (κ3) is 4.28. The van der Waals surface area contributed by atoms with E-state index in [1.165, 1.54) is 24.5 Å². The number of hydrogen-bond donors (Lipinski definition) is 2. The predicted molar refractivity (Wildman–Crippen MR) is 80.0 cm³/mol. The zero-order valence-electron chi connectivity index (χ0n) is 11.4. The van der Waals surface area contributed by atoms with Crippen molar-refractivity contribution in [1.29, 1.82) is 0 Å². The molecule has 5 heteroatoms. The first-order valence-electron chi connectivity index (χ1n) is 6.29. The summed E-state index contributed by atoms with van der Waals surface area (Å²) in [5.74, 6) is -1.44. The lowest BCUT2D eigenvalue weighted by atomic mass is 10.1. The van der Waals surface area contributed by atoms with Crippen molar-refractivity contribution >= 4 is 23.6 Å². The summed E-state index contributed by atoms with van der Waals surface area (Å²) in [4.78, 5) is 26.4. The minimum Gasteiger partial charge on any atom is -0.478 e. The maximum Gasteiger partial charge on any atom is 0.337 e. The molecule has 1 heterocycles. The summed E-state index contributed by atoms with van der Waals surface area (Å²) in [6, 6.07) is 9.08. The molecular weight excluding hydrogens is 268 g/mol. The van der Waals surface area contributed by atoms with Crippen molar-refractivity contribution < 1.29 is 14.7 Å². The van der Waals surface area contributed by atoms with Crippen LogP contribution in [0.4, 0.5) is 5.69 Å². The second-order valence-electron chi connectivity index (χ2n) is 4.50. The zero-order chi connectivity index (χ0) is 15.2. The van der Waals surface area contributed by atoms with Gasteiger partial charge in [-0.2, -0.15) is 0 Å². The molecule has 0 atom stereocenters. The largest absolute Gasteiger partial charge is 0.478 e. The summed E-state index contributed by atoms with van der Waals surface area (Å²) in [6.45, 7) is 1.97. The Bertz CT molecular complexity index is 708. The Hall–Kier alpha value is -2.95. The number of benzene rings is 1. The smallest absolute Gasteiger partial charge is 0.337 e. The number of aromatic carboxylic acids is 1. The topological polar surface area (TPSA) is 79.3 Å². The summed E-state index contributed by atoms with van der Waals surface area (Å²) in [7, 11) is 0. The molecule has 2 N–H and O–H groups in total. The number of pyridine rings is 1. The number of aryl methyl sites for hydroxylation is 1. The number of carbonyl (C=O) groups excluding carboxylic acids is 1. The molecule has 0 bridgehead atoms. The molecule has 106 valence electrons. The standard InChI is InChI=1S/C16H14N2O3/c1-11-3-2-4-12(7-11)5-6-15(19)18-14-8-13(16(20)21)9-17-10-14/h2-10H,1H3,(H,18,19)(H,20,21). The molecule has 21 heavy (non-hydrogen) atoms. The molecule has 2 aromatic rings. The van der Waals surface area contributed by atoms with Crippen molar-refractivity contribution in [1.82, 2.24) is 4.98 Å². The first kappa shape index (κ1) is 14.5. The molecule has 1 aromatic carbocycles. The van der Waals surface area contributed by atoms with Crippen LogP contribution in [0.25, 0.3) is 6.08 Å². The molecule has 0 aliphatic rings. The number of carbonyl (C=O) groups is 2. The van der Waals surface area contributed by atoms with Gasteiger partial charge in [0.05, 0.1) is 17.4 Å². The van der Waals surface area contributed by atoms with Gasteiger partial charge in [0.2, 0.25) is 5.91 Å². The van der Waals surface area contributed by atoms with Gasteiger partial charge in [0.1, 0.15) is 0 Å². The van der Waals surface area contributed by atoms with Gasteiger partial charge < -0.3 is 10.4 Å². The minimum absolute atomic E-state index is 0.0236. The first-order chi connectivity index (χ1) is 10.0. The van der Waals surface area contributed by atoms with E-state index in [2.05, 4.69) is 10.3 Å². The summed E-state index contributed by atoms with van der Waals surface area (Å²) in [5, 5.41) is 11.4. The van der Waals surface area contributed by atoms with Crippen molar-refractivity contribution in [2.24, 2.45) is 0 Å². The van der Waals surface area contributed by atoms with Crippen LogP contribution in [0.1, 0.15) is 21.5 Å². The van der Waals surface area contributed by atoms with Crippen molar-refractivity contribution in [2.75, 3.05) is 5.32 Å². The number of amides is 1. The van der Waals surface area contributed by atoms with Crippen LogP contribution in [0.3, 0.4) is 0 Å². The molecule has 0 aliphatic carbocycles. The van der Waals surface area contributed by atoms with E-state index >= 15 is 0 Å². The van der Waals surface area contributed by atoms with Gasteiger partial charge in [-0.1, -0.05) is 29.8 Å². The molecule has 5 nitrogen and oxygen atoms in total. The van der Waals surface area contributed by atoms with Crippen molar-refractivity contribution in [3.8, 4) is 0 Å². The molecule has 0 fully saturated rings. The molecular formula is C16H14N2O3. The van der Waals surface area contributed by atoms with Crippen LogP contribution in [0.2, 0.25) is 0 Å². The fourth-order valence-corrected chi connectivity index (χ4v) is 1.75. The normalized spacial score (nSPS) is 10.5. The number of nitrogens with one attached hydrogen (secondary N) is 1. The third-order valence-corrected chi connectivity index (χ3v) is 2.72. The number of aromatic nitrogens is 1. The van der Waals surface area contributed by atoms with E-state index in [1.54, 1.807) is 6.08 Å². The lowest BCUT2D eigenvalue weighted by molar-refractivity contribution is -0.111. The number of carboxylic acids is 1. The Morgan fingerprint density at radius 3 is 2.76 bits per heavy atom. The van der Waals surface area contributed by atoms with Crippen molar-refractivity contribution in [3.63, 3.8) is 0 Å². The van der Waals surface area contributed by atoms with E-state index in [0.717, 1.165) is 11.1 Å². The number of hydrogen-bond acceptors (Lipinski definition) is 3.